The molecule has 5 N–H and O–H groups in total. The lowest BCUT2D eigenvalue weighted by molar-refractivity contribution is 0.0692. The predicted octanol–water partition coefficient (Wildman–Crippen LogP) is -0.0252. The Morgan fingerprint density at radius 2 is 2.00 bits per heavy atom. The van der Waals surface area contributed by atoms with Crippen LogP contribution in [0.5, 0.6) is 0 Å². The van der Waals surface area contributed by atoms with E-state index in [1.165, 1.54) is 6.07 Å². The number of aromatic carboxylic acids is 1. The van der Waals surface area contributed by atoms with Gasteiger partial charge >= 0.3 is 12.0 Å². The molecule has 2 amide bonds. The summed E-state index contributed by atoms with van der Waals surface area (Å²) in [7, 11) is -4.30. The molecular weight excluding hydrogens is 274 g/mol. The van der Waals surface area contributed by atoms with Crippen LogP contribution in [0.2, 0.25) is 0 Å². The van der Waals surface area contributed by atoms with Crippen LogP contribution in [0.25, 0.3) is 0 Å². The summed E-state index contributed by atoms with van der Waals surface area (Å²) in [5.41, 5.74) is 5.03. The topological polar surface area (TPSA) is 139 Å². The summed E-state index contributed by atoms with van der Waals surface area (Å²) in [6.07, 6.45) is 0. The van der Waals surface area contributed by atoms with Gasteiger partial charge in [-0.1, -0.05) is 0 Å². The number of carboxylic acids is 1. The lowest BCUT2D eigenvalue weighted by atomic mass is 10.2. The van der Waals surface area contributed by atoms with Gasteiger partial charge in [-0.3, -0.25) is 0 Å². The van der Waals surface area contributed by atoms with Crippen LogP contribution in [-0.2, 0) is 10.0 Å². The molecule has 0 unspecified atom stereocenters. The molecule has 0 radical (unpaired) electrons. The highest BCUT2D eigenvalue weighted by Gasteiger charge is 2.24. The van der Waals surface area contributed by atoms with Crippen molar-refractivity contribution in [3.8, 4) is 0 Å². The summed E-state index contributed by atoms with van der Waals surface area (Å²) in [5, 5.41) is 11.2. The van der Waals surface area contributed by atoms with Gasteiger partial charge in [-0.15, -0.1) is 0 Å². The molecule has 0 aliphatic rings. The summed E-state index contributed by atoms with van der Waals surface area (Å²) in [5.74, 6) is -1.43. The van der Waals surface area contributed by atoms with E-state index in [1.54, 1.807) is 11.6 Å². The summed E-state index contributed by atoms with van der Waals surface area (Å²) < 4.78 is 25.5. The van der Waals surface area contributed by atoms with Crippen molar-refractivity contribution < 1.29 is 23.1 Å². The number of carbonyl (C=O) groups excluding carboxylic acids is 1. The van der Waals surface area contributed by atoms with E-state index in [0.717, 1.165) is 12.1 Å². The monoisotopic (exact) mass is 287 g/mol. The molecule has 0 aliphatic carbocycles. The van der Waals surface area contributed by atoms with E-state index in [-0.39, 0.29) is 12.2 Å². The van der Waals surface area contributed by atoms with Crippen molar-refractivity contribution >= 4 is 27.7 Å². The predicted molar refractivity (Wildman–Crippen MR) is 67.2 cm³/mol. The van der Waals surface area contributed by atoms with Gasteiger partial charge in [0.05, 0.1) is 5.56 Å². The molecule has 0 saturated heterocycles. The van der Waals surface area contributed by atoms with Crippen LogP contribution in [0, 0.1) is 0 Å². The van der Waals surface area contributed by atoms with Crippen LogP contribution in [0.15, 0.2) is 23.1 Å². The van der Waals surface area contributed by atoms with Gasteiger partial charge in [0.2, 0.25) is 0 Å². The smallest absolute Gasteiger partial charge is 0.337 e. The van der Waals surface area contributed by atoms with Crippen molar-refractivity contribution in [3.63, 3.8) is 0 Å². The lowest BCUT2D eigenvalue weighted by Crippen LogP contribution is -2.39. The highest BCUT2D eigenvalue weighted by Crippen LogP contribution is 2.19. The fourth-order valence-electron chi connectivity index (χ4n) is 1.31. The maximum atomic E-state index is 11.9. The molecule has 0 spiro atoms. The fourth-order valence-corrected chi connectivity index (χ4v) is 2.47. The van der Waals surface area contributed by atoms with E-state index < -0.39 is 32.5 Å². The van der Waals surface area contributed by atoms with Gasteiger partial charge < -0.3 is 16.2 Å². The summed E-state index contributed by atoms with van der Waals surface area (Å²) in [6.45, 7) is 1.83. The zero-order chi connectivity index (χ0) is 14.6. The first-order valence-electron chi connectivity index (χ1n) is 5.21. The normalized spacial score (nSPS) is 10.8. The third-order valence-corrected chi connectivity index (χ3v) is 3.46. The molecule has 0 aliphatic heterocycles. The van der Waals surface area contributed by atoms with Crippen molar-refractivity contribution in [2.75, 3.05) is 12.3 Å². The molecule has 104 valence electrons. The summed E-state index contributed by atoms with van der Waals surface area (Å²) in [4.78, 5) is 21.6. The number of nitrogen functional groups attached to an aromatic ring is 1. The number of rotatable bonds is 4. The number of anilines is 1. The number of carboxylic acid groups (broad SMARTS) is 1. The largest absolute Gasteiger partial charge is 0.478 e. The number of nitrogens with two attached hydrogens (primary N) is 1. The minimum Gasteiger partial charge on any atom is -0.478 e. The first-order valence-corrected chi connectivity index (χ1v) is 6.69. The van der Waals surface area contributed by atoms with Crippen LogP contribution in [0.3, 0.4) is 0 Å². The van der Waals surface area contributed by atoms with E-state index in [9.17, 15) is 18.0 Å². The van der Waals surface area contributed by atoms with Crippen LogP contribution >= 0.6 is 0 Å². The van der Waals surface area contributed by atoms with Gasteiger partial charge in [-0.25, -0.2) is 22.7 Å². The molecule has 0 aromatic heterocycles. The maximum Gasteiger partial charge on any atom is 0.337 e. The molecule has 8 nitrogen and oxygen atoms in total. The highest BCUT2D eigenvalue weighted by atomic mass is 32.2. The minimum atomic E-state index is -4.30. The van der Waals surface area contributed by atoms with Crippen LogP contribution in [-0.4, -0.2) is 32.1 Å². The Kier molecular flexibility index (Phi) is 4.33. The number of hydrogen-bond donors (Lipinski definition) is 4. The number of sulfonamides is 1. The van der Waals surface area contributed by atoms with Gasteiger partial charge in [0.1, 0.15) is 4.90 Å². The van der Waals surface area contributed by atoms with Gasteiger partial charge in [0.25, 0.3) is 10.0 Å². The molecule has 19 heavy (non-hydrogen) atoms. The van der Waals surface area contributed by atoms with Crippen molar-refractivity contribution in [1.82, 2.24) is 10.0 Å². The van der Waals surface area contributed by atoms with Crippen molar-refractivity contribution in [1.29, 1.82) is 0 Å². The Balaban J connectivity index is 3.24. The molecule has 0 saturated carbocycles. The lowest BCUT2D eigenvalue weighted by Gasteiger charge is -2.10. The Morgan fingerprint density at radius 3 is 2.53 bits per heavy atom. The Morgan fingerprint density at radius 1 is 1.37 bits per heavy atom. The third kappa shape index (κ3) is 3.58. The van der Waals surface area contributed by atoms with Crippen molar-refractivity contribution in [2.45, 2.75) is 11.8 Å². The molecule has 0 atom stereocenters. The Bertz CT molecular complexity index is 612. The van der Waals surface area contributed by atoms with Crippen molar-refractivity contribution in [3.05, 3.63) is 23.8 Å². The highest BCUT2D eigenvalue weighted by molar-refractivity contribution is 7.90. The molecule has 9 heteroatoms. The van der Waals surface area contributed by atoms with E-state index in [2.05, 4.69) is 5.32 Å². The second-order valence-corrected chi connectivity index (χ2v) is 5.18. The third-order valence-electron chi connectivity index (χ3n) is 2.09. The molecule has 1 aromatic carbocycles. The van der Waals surface area contributed by atoms with Crippen LogP contribution in [0.1, 0.15) is 17.3 Å². The minimum absolute atomic E-state index is 0.0706. The second-order valence-electron chi connectivity index (χ2n) is 3.53. The quantitative estimate of drug-likeness (QED) is 0.574. The summed E-state index contributed by atoms with van der Waals surface area (Å²) in [6, 6.07) is 2.35. The van der Waals surface area contributed by atoms with E-state index in [0.29, 0.717) is 0 Å². The van der Waals surface area contributed by atoms with Gasteiger partial charge in [-0.05, 0) is 25.1 Å². The van der Waals surface area contributed by atoms with Crippen molar-refractivity contribution in [2.24, 2.45) is 0 Å². The second kappa shape index (κ2) is 5.57. The fraction of sp³-hybridized carbons (Fsp3) is 0.200. The average Bonchev–Trinajstić information content (AvgIpc) is 2.27. The zero-order valence-corrected chi connectivity index (χ0v) is 10.8. The number of carbonyl (C=O) groups is 2. The number of benzene rings is 1. The molecule has 1 rings (SSSR count). The first-order chi connectivity index (χ1) is 8.77. The Labute approximate surface area is 109 Å². The number of urea groups is 1. The van der Waals surface area contributed by atoms with E-state index >= 15 is 0 Å². The van der Waals surface area contributed by atoms with Crippen LogP contribution < -0.4 is 15.8 Å². The first kappa shape index (κ1) is 14.8. The summed E-state index contributed by atoms with van der Waals surface area (Å²) >= 11 is 0. The standard InChI is InChI=1S/C10H13N3O5S/c1-2-12-10(16)13-19(17,18)8-5-6(11)3-4-7(8)9(14)15/h3-5H,2,11H2,1H3,(H,14,15)(H2,12,13,16). The van der Waals surface area contributed by atoms with E-state index in [4.69, 9.17) is 10.8 Å². The average molecular weight is 287 g/mol. The molecule has 0 heterocycles. The van der Waals surface area contributed by atoms with Gasteiger partial charge in [0, 0.05) is 12.2 Å². The SMILES string of the molecule is CCNC(=O)NS(=O)(=O)c1cc(N)ccc1C(=O)O. The van der Waals surface area contributed by atoms with Gasteiger partial charge in [-0.2, -0.15) is 0 Å². The Hall–Kier alpha value is -2.29. The molecule has 0 fully saturated rings. The number of nitrogens with one attached hydrogen (secondary N) is 2. The molecular formula is C10H13N3O5S. The number of amides is 2. The molecule has 0 bridgehead atoms. The van der Waals surface area contributed by atoms with Gasteiger partial charge in [0.15, 0.2) is 0 Å². The van der Waals surface area contributed by atoms with Crippen LogP contribution in [0.4, 0.5) is 10.5 Å². The van der Waals surface area contributed by atoms with E-state index in [1.807, 2.05) is 0 Å². The zero-order valence-electron chi connectivity index (χ0n) is 10.0. The molecule has 1 aromatic rings. The maximum absolute atomic E-state index is 11.9. The number of hydrogen-bond acceptors (Lipinski definition) is 5.